The molecule has 1 aliphatic carbocycles. The summed E-state index contributed by atoms with van der Waals surface area (Å²) in [6.45, 7) is 1.80. The van der Waals surface area contributed by atoms with Gasteiger partial charge in [0.15, 0.2) is 0 Å². The van der Waals surface area contributed by atoms with E-state index in [4.69, 9.17) is 0 Å². The van der Waals surface area contributed by atoms with Crippen molar-refractivity contribution < 1.29 is 9.59 Å². The van der Waals surface area contributed by atoms with E-state index in [-0.39, 0.29) is 30.6 Å². The molecule has 0 aromatic heterocycles. The summed E-state index contributed by atoms with van der Waals surface area (Å²) in [5.74, 6) is 0.0374. The third-order valence-electron chi connectivity index (χ3n) is 4.86. The molecule has 6 nitrogen and oxygen atoms in total. The molecule has 132 valence electrons. The van der Waals surface area contributed by atoms with Gasteiger partial charge in [-0.1, -0.05) is 19.3 Å². The lowest BCUT2D eigenvalue weighted by molar-refractivity contribution is -0.134. The standard InChI is InChI=1S/C17H32N4O2/c1-20(2)13-15-10-6-7-11-21(15)16(22)12-18-17(23)19-14-8-4-3-5-9-14/h14-15H,3-13H2,1-2H3,(H2,18,19,23). The molecule has 6 heteroatoms. The summed E-state index contributed by atoms with van der Waals surface area (Å²) in [4.78, 5) is 28.5. The van der Waals surface area contributed by atoms with Crippen molar-refractivity contribution in [1.29, 1.82) is 0 Å². The summed E-state index contributed by atoms with van der Waals surface area (Å²) >= 11 is 0. The highest BCUT2D eigenvalue weighted by Crippen LogP contribution is 2.18. The number of rotatable bonds is 5. The fraction of sp³-hybridized carbons (Fsp3) is 0.882. The van der Waals surface area contributed by atoms with E-state index in [2.05, 4.69) is 15.5 Å². The SMILES string of the molecule is CN(C)CC1CCCCN1C(=O)CNC(=O)NC1CCCCC1. The minimum absolute atomic E-state index is 0.0374. The molecule has 0 aromatic rings. The van der Waals surface area contributed by atoms with E-state index in [0.29, 0.717) is 0 Å². The quantitative estimate of drug-likeness (QED) is 0.807. The second kappa shape index (κ2) is 9.11. The van der Waals surface area contributed by atoms with Gasteiger partial charge < -0.3 is 20.4 Å². The van der Waals surface area contributed by atoms with Crippen molar-refractivity contribution in [3.05, 3.63) is 0 Å². The molecule has 1 saturated carbocycles. The number of urea groups is 1. The Morgan fingerprint density at radius 1 is 1.04 bits per heavy atom. The Bertz CT molecular complexity index is 394. The van der Waals surface area contributed by atoms with Crippen LogP contribution in [0.25, 0.3) is 0 Å². The number of amides is 3. The van der Waals surface area contributed by atoms with E-state index < -0.39 is 0 Å². The van der Waals surface area contributed by atoms with Crippen molar-refractivity contribution in [3.63, 3.8) is 0 Å². The molecule has 2 N–H and O–H groups in total. The van der Waals surface area contributed by atoms with Crippen LogP contribution in [0, 0.1) is 0 Å². The van der Waals surface area contributed by atoms with Gasteiger partial charge in [0.1, 0.15) is 0 Å². The highest BCUT2D eigenvalue weighted by molar-refractivity contribution is 5.84. The van der Waals surface area contributed by atoms with Gasteiger partial charge >= 0.3 is 6.03 Å². The van der Waals surface area contributed by atoms with Gasteiger partial charge in [-0.05, 0) is 46.2 Å². The Hall–Kier alpha value is -1.30. The van der Waals surface area contributed by atoms with E-state index in [1.807, 2.05) is 19.0 Å². The maximum Gasteiger partial charge on any atom is 0.315 e. The molecular weight excluding hydrogens is 292 g/mol. The van der Waals surface area contributed by atoms with Gasteiger partial charge in [-0.15, -0.1) is 0 Å². The lowest BCUT2D eigenvalue weighted by Crippen LogP contribution is -2.52. The van der Waals surface area contributed by atoms with Crippen molar-refractivity contribution >= 4 is 11.9 Å². The number of carbonyl (C=O) groups is 2. The molecule has 0 spiro atoms. The van der Waals surface area contributed by atoms with Crippen LogP contribution in [0.4, 0.5) is 4.79 Å². The molecule has 2 fully saturated rings. The summed E-state index contributed by atoms with van der Waals surface area (Å²) < 4.78 is 0. The van der Waals surface area contributed by atoms with Gasteiger partial charge in [-0.2, -0.15) is 0 Å². The average Bonchev–Trinajstić information content (AvgIpc) is 2.53. The van der Waals surface area contributed by atoms with Crippen molar-refractivity contribution in [2.75, 3.05) is 33.7 Å². The van der Waals surface area contributed by atoms with Crippen LogP contribution in [-0.2, 0) is 4.79 Å². The molecule has 1 unspecified atom stereocenters. The number of hydrogen-bond acceptors (Lipinski definition) is 3. The molecule has 2 aliphatic rings. The van der Waals surface area contributed by atoms with Crippen LogP contribution in [0.1, 0.15) is 51.4 Å². The predicted molar refractivity (Wildman–Crippen MR) is 91.3 cm³/mol. The molecule has 1 saturated heterocycles. The van der Waals surface area contributed by atoms with Gasteiger partial charge in [0, 0.05) is 25.2 Å². The monoisotopic (exact) mass is 324 g/mol. The molecule has 0 aromatic carbocycles. The van der Waals surface area contributed by atoms with Gasteiger partial charge in [0.2, 0.25) is 5.91 Å². The van der Waals surface area contributed by atoms with Crippen LogP contribution in [0.15, 0.2) is 0 Å². The van der Waals surface area contributed by atoms with E-state index >= 15 is 0 Å². The fourth-order valence-electron chi connectivity index (χ4n) is 3.68. The van der Waals surface area contributed by atoms with Crippen LogP contribution < -0.4 is 10.6 Å². The number of likely N-dealkylation sites (N-methyl/N-ethyl adjacent to an activating group) is 1. The Morgan fingerprint density at radius 3 is 2.43 bits per heavy atom. The van der Waals surface area contributed by atoms with Gasteiger partial charge in [-0.25, -0.2) is 4.79 Å². The third-order valence-corrected chi connectivity index (χ3v) is 4.86. The second-order valence-electron chi connectivity index (χ2n) is 7.16. The van der Waals surface area contributed by atoms with Crippen molar-refractivity contribution in [2.45, 2.75) is 63.5 Å². The van der Waals surface area contributed by atoms with Crippen molar-refractivity contribution in [3.8, 4) is 0 Å². The molecule has 2 rings (SSSR count). The largest absolute Gasteiger partial charge is 0.337 e. The molecule has 23 heavy (non-hydrogen) atoms. The van der Waals surface area contributed by atoms with Crippen LogP contribution in [0.2, 0.25) is 0 Å². The van der Waals surface area contributed by atoms with Crippen LogP contribution in [0.3, 0.4) is 0 Å². The topological polar surface area (TPSA) is 64.7 Å². The summed E-state index contributed by atoms with van der Waals surface area (Å²) in [5.41, 5.74) is 0. The number of nitrogens with one attached hydrogen (secondary N) is 2. The van der Waals surface area contributed by atoms with Crippen molar-refractivity contribution in [1.82, 2.24) is 20.4 Å². The number of likely N-dealkylation sites (tertiary alicyclic amines) is 1. The first-order valence-electron chi connectivity index (χ1n) is 9.05. The summed E-state index contributed by atoms with van der Waals surface area (Å²) in [6, 6.07) is 0.344. The Labute approximate surface area is 140 Å². The highest BCUT2D eigenvalue weighted by Gasteiger charge is 2.27. The van der Waals surface area contributed by atoms with E-state index in [1.165, 1.54) is 25.7 Å². The highest BCUT2D eigenvalue weighted by atomic mass is 16.2. The number of nitrogens with zero attached hydrogens (tertiary/aromatic N) is 2. The maximum atomic E-state index is 12.5. The summed E-state index contributed by atoms with van der Waals surface area (Å²) in [6.07, 6.45) is 9.03. The van der Waals surface area contributed by atoms with Crippen LogP contribution in [0.5, 0.6) is 0 Å². The third kappa shape index (κ3) is 6.01. The molecule has 3 amide bonds. The van der Waals surface area contributed by atoms with E-state index in [0.717, 1.165) is 38.8 Å². The molecule has 1 heterocycles. The number of carbonyl (C=O) groups excluding carboxylic acids is 2. The predicted octanol–water partition coefficient (Wildman–Crippen LogP) is 1.56. The smallest absolute Gasteiger partial charge is 0.315 e. The minimum atomic E-state index is -0.202. The molecule has 0 radical (unpaired) electrons. The lowest BCUT2D eigenvalue weighted by atomic mass is 9.96. The zero-order valence-electron chi connectivity index (χ0n) is 14.6. The molecule has 1 aliphatic heterocycles. The summed E-state index contributed by atoms with van der Waals surface area (Å²) in [7, 11) is 4.07. The van der Waals surface area contributed by atoms with Crippen molar-refractivity contribution in [2.24, 2.45) is 0 Å². The normalized spacial score (nSPS) is 22.9. The Balaban J connectivity index is 1.74. The zero-order chi connectivity index (χ0) is 16.7. The second-order valence-corrected chi connectivity index (χ2v) is 7.16. The average molecular weight is 324 g/mol. The summed E-state index contributed by atoms with van der Waals surface area (Å²) in [5, 5.41) is 5.74. The number of piperidine rings is 1. The van der Waals surface area contributed by atoms with Gasteiger partial charge in [-0.3, -0.25) is 4.79 Å². The van der Waals surface area contributed by atoms with Crippen LogP contribution in [-0.4, -0.2) is 67.6 Å². The maximum absolute atomic E-state index is 12.5. The lowest BCUT2D eigenvalue weighted by Gasteiger charge is -2.37. The molecular formula is C17H32N4O2. The fourth-order valence-corrected chi connectivity index (χ4v) is 3.68. The molecule has 0 bridgehead atoms. The Kier molecular flexibility index (Phi) is 7.15. The zero-order valence-corrected chi connectivity index (χ0v) is 14.6. The Morgan fingerprint density at radius 2 is 1.74 bits per heavy atom. The van der Waals surface area contributed by atoms with Crippen LogP contribution >= 0.6 is 0 Å². The van der Waals surface area contributed by atoms with Gasteiger partial charge in [0.25, 0.3) is 0 Å². The molecule has 1 atom stereocenters. The first-order chi connectivity index (χ1) is 11.1. The van der Waals surface area contributed by atoms with E-state index in [9.17, 15) is 9.59 Å². The number of hydrogen-bond donors (Lipinski definition) is 2. The van der Waals surface area contributed by atoms with E-state index in [1.54, 1.807) is 0 Å². The first kappa shape index (κ1) is 18.0. The first-order valence-corrected chi connectivity index (χ1v) is 9.05. The minimum Gasteiger partial charge on any atom is -0.337 e. The van der Waals surface area contributed by atoms with Gasteiger partial charge in [0.05, 0.1) is 6.54 Å².